The molecule has 1 N–H and O–H groups in total. The third kappa shape index (κ3) is 3.36. The molecular weight excluding hydrogens is 281 g/mol. The van der Waals surface area contributed by atoms with Crippen molar-refractivity contribution in [3.05, 3.63) is 27.7 Å². The zero-order valence-corrected chi connectivity index (χ0v) is 13.0. The lowest BCUT2D eigenvalue weighted by Gasteiger charge is -2.35. The fourth-order valence-corrected chi connectivity index (χ4v) is 3.06. The first-order valence-electron chi connectivity index (χ1n) is 6.93. The quantitative estimate of drug-likeness (QED) is 0.811. The highest BCUT2D eigenvalue weighted by molar-refractivity contribution is 6.34. The Labute approximate surface area is 125 Å². The SMILES string of the molecule is CCCNC(c1cc(Cl)c(OC)cc1Cl)C1CCC1. The third-order valence-corrected chi connectivity index (χ3v) is 4.46. The summed E-state index contributed by atoms with van der Waals surface area (Å²) in [5.74, 6) is 1.31. The van der Waals surface area contributed by atoms with Crippen molar-refractivity contribution >= 4 is 23.2 Å². The number of hydrogen-bond acceptors (Lipinski definition) is 2. The Hall–Kier alpha value is -0.440. The van der Waals surface area contributed by atoms with Crippen molar-refractivity contribution in [2.24, 2.45) is 5.92 Å². The largest absolute Gasteiger partial charge is 0.495 e. The van der Waals surface area contributed by atoms with E-state index in [9.17, 15) is 0 Å². The molecule has 1 atom stereocenters. The molecule has 1 fully saturated rings. The first-order chi connectivity index (χ1) is 9.17. The van der Waals surface area contributed by atoms with Crippen LogP contribution < -0.4 is 10.1 Å². The predicted octanol–water partition coefficient (Wildman–Crippen LogP) is 4.84. The lowest BCUT2D eigenvalue weighted by Crippen LogP contribution is -2.32. The Morgan fingerprint density at radius 2 is 2.05 bits per heavy atom. The van der Waals surface area contributed by atoms with Gasteiger partial charge in [-0.2, -0.15) is 0 Å². The normalized spacial score (nSPS) is 17.1. The number of ether oxygens (including phenoxy) is 1. The van der Waals surface area contributed by atoms with Gasteiger partial charge in [-0.05, 0) is 43.4 Å². The smallest absolute Gasteiger partial charge is 0.138 e. The summed E-state index contributed by atoms with van der Waals surface area (Å²) in [6.45, 7) is 3.18. The summed E-state index contributed by atoms with van der Waals surface area (Å²) in [7, 11) is 1.61. The Kier molecular flexibility index (Phi) is 5.37. The molecule has 19 heavy (non-hydrogen) atoms. The molecule has 1 unspecified atom stereocenters. The van der Waals surface area contributed by atoms with Gasteiger partial charge in [-0.15, -0.1) is 0 Å². The first kappa shape index (κ1) is 15.0. The van der Waals surface area contributed by atoms with Crippen LogP contribution >= 0.6 is 23.2 Å². The number of hydrogen-bond donors (Lipinski definition) is 1. The van der Waals surface area contributed by atoms with Crippen LogP contribution in [0, 0.1) is 5.92 Å². The van der Waals surface area contributed by atoms with E-state index >= 15 is 0 Å². The van der Waals surface area contributed by atoms with E-state index in [0.717, 1.165) is 23.6 Å². The molecule has 1 aliphatic carbocycles. The lowest BCUT2D eigenvalue weighted by atomic mass is 9.77. The minimum Gasteiger partial charge on any atom is -0.495 e. The maximum atomic E-state index is 6.40. The van der Waals surface area contributed by atoms with Crippen molar-refractivity contribution in [3.63, 3.8) is 0 Å². The maximum absolute atomic E-state index is 6.40. The van der Waals surface area contributed by atoms with Crippen LogP contribution in [0.3, 0.4) is 0 Å². The Morgan fingerprint density at radius 1 is 1.32 bits per heavy atom. The maximum Gasteiger partial charge on any atom is 0.138 e. The summed E-state index contributed by atoms with van der Waals surface area (Å²) in [4.78, 5) is 0. The summed E-state index contributed by atoms with van der Waals surface area (Å²) in [6.07, 6.45) is 4.96. The molecule has 0 saturated heterocycles. The second-order valence-electron chi connectivity index (χ2n) is 5.13. The molecule has 106 valence electrons. The Bertz CT molecular complexity index is 432. The van der Waals surface area contributed by atoms with E-state index in [1.54, 1.807) is 7.11 Å². The fraction of sp³-hybridized carbons (Fsp3) is 0.600. The van der Waals surface area contributed by atoms with Crippen LogP contribution in [0.5, 0.6) is 5.75 Å². The Balaban J connectivity index is 2.27. The molecule has 0 radical (unpaired) electrons. The molecular formula is C15H21Cl2NO. The van der Waals surface area contributed by atoms with Crippen molar-refractivity contribution in [2.45, 2.75) is 38.6 Å². The van der Waals surface area contributed by atoms with Gasteiger partial charge in [-0.3, -0.25) is 0 Å². The third-order valence-electron chi connectivity index (χ3n) is 3.84. The molecule has 1 aromatic carbocycles. The lowest BCUT2D eigenvalue weighted by molar-refractivity contribution is 0.231. The van der Waals surface area contributed by atoms with Crippen LogP contribution in [0.4, 0.5) is 0 Å². The van der Waals surface area contributed by atoms with Crippen LogP contribution in [0.25, 0.3) is 0 Å². The van der Waals surface area contributed by atoms with Gasteiger partial charge in [0.05, 0.1) is 12.1 Å². The van der Waals surface area contributed by atoms with Gasteiger partial charge < -0.3 is 10.1 Å². The number of nitrogens with one attached hydrogen (secondary N) is 1. The van der Waals surface area contributed by atoms with E-state index < -0.39 is 0 Å². The van der Waals surface area contributed by atoms with Gasteiger partial charge in [0.15, 0.2) is 0 Å². The highest BCUT2D eigenvalue weighted by atomic mass is 35.5. The van der Waals surface area contributed by atoms with Gasteiger partial charge in [0.1, 0.15) is 5.75 Å². The highest BCUT2D eigenvalue weighted by Crippen LogP contribution is 2.42. The van der Waals surface area contributed by atoms with Gasteiger partial charge >= 0.3 is 0 Å². The first-order valence-corrected chi connectivity index (χ1v) is 7.69. The summed E-state index contributed by atoms with van der Waals surface area (Å²) in [5.41, 5.74) is 1.10. The van der Waals surface area contributed by atoms with Crippen molar-refractivity contribution in [3.8, 4) is 5.75 Å². The summed E-state index contributed by atoms with van der Waals surface area (Å²) < 4.78 is 5.21. The Morgan fingerprint density at radius 3 is 2.58 bits per heavy atom. The zero-order chi connectivity index (χ0) is 13.8. The molecule has 1 aliphatic rings. The van der Waals surface area contributed by atoms with Gasteiger partial charge in [-0.1, -0.05) is 36.5 Å². The molecule has 0 aliphatic heterocycles. The molecule has 2 nitrogen and oxygen atoms in total. The molecule has 0 heterocycles. The van der Waals surface area contributed by atoms with Gasteiger partial charge in [0, 0.05) is 17.1 Å². The van der Waals surface area contributed by atoms with E-state index in [-0.39, 0.29) is 0 Å². The second kappa shape index (κ2) is 6.83. The zero-order valence-electron chi connectivity index (χ0n) is 11.5. The number of methoxy groups -OCH3 is 1. The average molecular weight is 302 g/mol. The van der Waals surface area contributed by atoms with Crippen molar-refractivity contribution in [1.82, 2.24) is 5.32 Å². The average Bonchev–Trinajstić information content (AvgIpc) is 2.34. The molecule has 0 bridgehead atoms. The van der Waals surface area contributed by atoms with Gasteiger partial charge in [-0.25, -0.2) is 0 Å². The molecule has 2 rings (SSSR count). The fourth-order valence-electron chi connectivity index (χ4n) is 2.54. The highest BCUT2D eigenvalue weighted by Gasteiger charge is 2.29. The second-order valence-corrected chi connectivity index (χ2v) is 5.95. The minimum atomic E-state index is 0.310. The van der Waals surface area contributed by atoms with E-state index in [4.69, 9.17) is 27.9 Å². The summed E-state index contributed by atoms with van der Waals surface area (Å²) in [5, 5.41) is 4.98. The van der Waals surface area contributed by atoms with E-state index in [2.05, 4.69) is 12.2 Å². The number of halogens is 2. The number of rotatable bonds is 6. The van der Waals surface area contributed by atoms with Crippen molar-refractivity contribution in [1.29, 1.82) is 0 Å². The molecule has 1 aromatic rings. The predicted molar refractivity (Wildman–Crippen MR) is 81.4 cm³/mol. The van der Waals surface area contributed by atoms with Crippen LogP contribution in [0.15, 0.2) is 12.1 Å². The van der Waals surface area contributed by atoms with E-state index in [1.807, 2.05) is 12.1 Å². The van der Waals surface area contributed by atoms with Crippen molar-refractivity contribution < 1.29 is 4.74 Å². The van der Waals surface area contributed by atoms with Gasteiger partial charge in [0.2, 0.25) is 0 Å². The van der Waals surface area contributed by atoms with E-state index in [1.165, 1.54) is 19.3 Å². The number of benzene rings is 1. The molecule has 4 heteroatoms. The molecule has 0 spiro atoms. The van der Waals surface area contributed by atoms with Crippen LogP contribution in [0.2, 0.25) is 10.0 Å². The molecule has 0 amide bonds. The minimum absolute atomic E-state index is 0.310. The van der Waals surface area contributed by atoms with Crippen LogP contribution in [-0.4, -0.2) is 13.7 Å². The monoisotopic (exact) mass is 301 g/mol. The summed E-state index contributed by atoms with van der Waals surface area (Å²) in [6, 6.07) is 4.08. The van der Waals surface area contributed by atoms with Crippen molar-refractivity contribution in [2.75, 3.05) is 13.7 Å². The molecule has 1 saturated carbocycles. The molecule has 0 aromatic heterocycles. The van der Waals surface area contributed by atoms with E-state index in [0.29, 0.717) is 22.7 Å². The van der Waals surface area contributed by atoms with Gasteiger partial charge in [0.25, 0.3) is 0 Å². The standard InChI is InChI=1S/C15H21Cl2NO/c1-3-7-18-15(10-5-4-6-10)11-8-13(17)14(19-2)9-12(11)16/h8-10,15,18H,3-7H2,1-2H3. The summed E-state index contributed by atoms with van der Waals surface area (Å²) >= 11 is 12.6. The van der Waals surface area contributed by atoms with Crippen LogP contribution in [0.1, 0.15) is 44.2 Å². The van der Waals surface area contributed by atoms with Crippen LogP contribution in [-0.2, 0) is 0 Å². The topological polar surface area (TPSA) is 21.3 Å².